The fourth-order valence-corrected chi connectivity index (χ4v) is 1.70. The van der Waals surface area contributed by atoms with Crippen LogP contribution in [0.25, 0.3) is 0 Å². The summed E-state index contributed by atoms with van der Waals surface area (Å²) in [5, 5.41) is 19.6. The molecule has 0 radical (unpaired) electrons. The Morgan fingerprint density at radius 3 is 2.47 bits per heavy atom. The van der Waals surface area contributed by atoms with Gasteiger partial charge in [0.1, 0.15) is 11.9 Å². The lowest BCUT2D eigenvalue weighted by Crippen LogP contribution is -2.13. The van der Waals surface area contributed by atoms with Gasteiger partial charge in [0, 0.05) is 17.5 Å². The summed E-state index contributed by atoms with van der Waals surface area (Å²) >= 11 is 0. The minimum atomic E-state index is -0.624. The topological polar surface area (TPSA) is 96.8 Å². The number of nitrogens with zero attached hydrogens (tertiary/aromatic N) is 4. The Morgan fingerprint density at radius 2 is 1.95 bits per heavy atom. The van der Waals surface area contributed by atoms with E-state index in [0.717, 1.165) is 11.4 Å². The largest absolute Gasteiger partial charge is 0.305 e. The summed E-state index contributed by atoms with van der Waals surface area (Å²) in [5.74, 6) is 0.379. The molecule has 2 aromatic heterocycles. The number of pyridine rings is 1. The third kappa shape index (κ3) is 2.37. The van der Waals surface area contributed by atoms with Gasteiger partial charge in [0.05, 0.1) is 4.92 Å². The van der Waals surface area contributed by atoms with Gasteiger partial charge in [-0.3, -0.25) is 20.2 Å². The molecule has 96 valence electrons. The van der Waals surface area contributed by atoms with Crippen LogP contribution in [0.4, 0.5) is 11.5 Å². The van der Waals surface area contributed by atoms with E-state index >= 15 is 0 Å². The summed E-state index contributed by atoms with van der Waals surface area (Å²) in [5.41, 5.74) is 4.42. The molecule has 2 rings (SSSR count). The number of hydrogen-bond acceptors (Lipinski definition) is 5. The fraction of sp³-hybridized carbons (Fsp3) is 0.167. The van der Waals surface area contributed by atoms with Crippen molar-refractivity contribution in [3.63, 3.8) is 0 Å². The molecule has 0 aromatic carbocycles. The number of rotatable bonds is 3. The second-order valence-corrected chi connectivity index (χ2v) is 4.00. The molecule has 19 heavy (non-hydrogen) atoms. The van der Waals surface area contributed by atoms with Gasteiger partial charge in [-0.05, 0) is 32.0 Å². The summed E-state index contributed by atoms with van der Waals surface area (Å²) in [6.07, 6.45) is 0. The van der Waals surface area contributed by atoms with Crippen molar-refractivity contribution in [2.75, 3.05) is 5.43 Å². The number of nitro groups is 1. The van der Waals surface area contributed by atoms with Crippen LogP contribution >= 0.6 is 0 Å². The molecular weight excluding hydrogens is 246 g/mol. The number of nitriles is 1. The van der Waals surface area contributed by atoms with Gasteiger partial charge in [0.15, 0.2) is 0 Å². The molecule has 0 atom stereocenters. The first-order valence-corrected chi connectivity index (χ1v) is 5.50. The van der Waals surface area contributed by atoms with Crippen molar-refractivity contribution in [3.8, 4) is 6.07 Å². The number of nitrogens with one attached hydrogen (secondary N) is 1. The van der Waals surface area contributed by atoms with E-state index in [0.29, 0.717) is 5.82 Å². The van der Waals surface area contributed by atoms with Gasteiger partial charge in [-0.2, -0.15) is 5.26 Å². The summed E-state index contributed by atoms with van der Waals surface area (Å²) in [6.45, 7) is 3.83. The SMILES string of the molecule is Cc1ccc(C)n1Nc1ccc([N+](=O)[O-])c(C#N)n1. The third-order valence-electron chi connectivity index (χ3n) is 2.67. The molecule has 0 bridgehead atoms. The predicted octanol–water partition coefficient (Wildman–Crippen LogP) is 2.16. The van der Waals surface area contributed by atoms with Crippen LogP contribution in [0, 0.1) is 35.3 Å². The van der Waals surface area contributed by atoms with Crippen molar-refractivity contribution in [2.45, 2.75) is 13.8 Å². The van der Waals surface area contributed by atoms with Crippen LogP contribution in [0.5, 0.6) is 0 Å². The fourth-order valence-electron chi connectivity index (χ4n) is 1.70. The number of aryl methyl sites for hydroxylation is 2. The maximum absolute atomic E-state index is 10.7. The molecule has 0 unspecified atom stereocenters. The van der Waals surface area contributed by atoms with Crippen LogP contribution in [0.3, 0.4) is 0 Å². The Labute approximate surface area is 109 Å². The Hall–Kier alpha value is -2.88. The molecule has 2 aromatic rings. The molecule has 0 amide bonds. The van der Waals surface area contributed by atoms with Crippen molar-refractivity contribution in [1.82, 2.24) is 9.66 Å². The van der Waals surface area contributed by atoms with Crippen molar-refractivity contribution < 1.29 is 4.92 Å². The van der Waals surface area contributed by atoms with E-state index in [1.807, 2.05) is 26.0 Å². The molecule has 0 aliphatic carbocycles. The number of hydrogen-bond donors (Lipinski definition) is 1. The molecule has 0 aliphatic rings. The van der Waals surface area contributed by atoms with Crippen LogP contribution in [0.15, 0.2) is 24.3 Å². The quantitative estimate of drug-likeness (QED) is 0.671. The van der Waals surface area contributed by atoms with E-state index in [2.05, 4.69) is 10.4 Å². The number of anilines is 1. The van der Waals surface area contributed by atoms with Crippen LogP contribution in [0.2, 0.25) is 0 Å². The zero-order valence-corrected chi connectivity index (χ0v) is 10.4. The highest BCUT2D eigenvalue weighted by Crippen LogP contribution is 2.19. The van der Waals surface area contributed by atoms with Gasteiger partial charge in [0.2, 0.25) is 5.69 Å². The van der Waals surface area contributed by atoms with Crippen molar-refractivity contribution in [1.29, 1.82) is 5.26 Å². The first-order valence-electron chi connectivity index (χ1n) is 5.50. The minimum Gasteiger partial charge on any atom is -0.278 e. The lowest BCUT2D eigenvalue weighted by Gasteiger charge is -2.11. The van der Waals surface area contributed by atoms with Crippen molar-refractivity contribution >= 4 is 11.5 Å². The van der Waals surface area contributed by atoms with Gasteiger partial charge in [-0.1, -0.05) is 0 Å². The second-order valence-electron chi connectivity index (χ2n) is 4.00. The van der Waals surface area contributed by atoms with E-state index in [1.54, 1.807) is 10.7 Å². The van der Waals surface area contributed by atoms with Gasteiger partial charge >= 0.3 is 5.69 Å². The van der Waals surface area contributed by atoms with Crippen LogP contribution in [-0.2, 0) is 0 Å². The molecule has 0 saturated heterocycles. The summed E-state index contributed by atoms with van der Waals surface area (Å²) in [7, 11) is 0. The third-order valence-corrected chi connectivity index (χ3v) is 2.67. The number of aromatic nitrogens is 2. The molecule has 0 fully saturated rings. The van der Waals surface area contributed by atoms with E-state index in [9.17, 15) is 10.1 Å². The zero-order valence-electron chi connectivity index (χ0n) is 10.4. The van der Waals surface area contributed by atoms with Gasteiger partial charge in [0.25, 0.3) is 0 Å². The van der Waals surface area contributed by atoms with E-state index in [-0.39, 0.29) is 11.4 Å². The zero-order chi connectivity index (χ0) is 14.0. The monoisotopic (exact) mass is 257 g/mol. The molecule has 0 saturated carbocycles. The van der Waals surface area contributed by atoms with E-state index < -0.39 is 4.92 Å². The molecular formula is C12H11N5O2. The molecule has 1 N–H and O–H groups in total. The van der Waals surface area contributed by atoms with Crippen LogP contribution in [-0.4, -0.2) is 14.6 Å². The van der Waals surface area contributed by atoms with Crippen molar-refractivity contribution in [3.05, 3.63) is 51.5 Å². The van der Waals surface area contributed by atoms with E-state index in [1.165, 1.54) is 12.1 Å². The smallest absolute Gasteiger partial charge is 0.278 e. The minimum absolute atomic E-state index is 0.211. The van der Waals surface area contributed by atoms with Gasteiger partial charge in [-0.15, -0.1) is 0 Å². The first kappa shape index (κ1) is 12.6. The highest BCUT2D eigenvalue weighted by molar-refractivity contribution is 5.50. The Bertz CT molecular complexity index is 664. The first-order chi connectivity index (χ1) is 9.02. The molecule has 0 aliphatic heterocycles. The van der Waals surface area contributed by atoms with Crippen molar-refractivity contribution in [2.24, 2.45) is 0 Å². The molecule has 7 heteroatoms. The average Bonchev–Trinajstić information content (AvgIpc) is 2.70. The molecule has 2 heterocycles. The second kappa shape index (κ2) is 4.78. The highest BCUT2D eigenvalue weighted by atomic mass is 16.6. The Kier molecular flexibility index (Phi) is 3.16. The summed E-state index contributed by atoms with van der Waals surface area (Å²) < 4.78 is 1.79. The molecule has 7 nitrogen and oxygen atoms in total. The summed E-state index contributed by atoms with van der Waals surface area (Å²) in [4.78, 5) is 14.0. The highest BCUT2D eigenvalue weighted by Gasteiger charge is 2.15. The maximum Gasteiger partial charge on any atom is 0.305 e. The van der Waals surface area contributed by atoms with Gasteiger partial charge < -0.3 is 0 Å². The predicted molar refractivity (Wildman–Crippen MR) is 68.5 cm³/mol. The maximum atomic E-state index is 10.7. The van der Waals surface area contributed by atoms with Crippen LogP contribution < -0.4 is 5.43 Å². The lowest BCUT2D eigenvalue weighted by atomic mass is 10.3. The summed E-state index contributed by atoms with van der Waals surface area (Å²) in [6, 6.07) is 8.32. The lowest BCUT2D eigenvalue weighted by molar-refractivity contribution is -0.385. The van der Waals surface area contributed by atoms with Crippen LogP contribution in [0.1, 0.15) is 17.1 Å². The Balaban J connectivity index is 2.38. The average molecular weight is 257 g/mol. The Morgan fingerprint density at radius 1 is 1.32 bits per heavy atom. The van der Waals surface area contributed by atoms with E-state index in [4.69, 9.17) is 5.26 Å². The normalized spacial score (nSPS) is 9.95. The standard InChI is InChI=1S/C12H11N5O2/c1-8-3-4-9(2)16(8)15-12-6-5-11(17(18)19)10(7-13)14-12/h3-6H,1-2H3,(H,14,15). The van der Waals surface area contributed by atoms with Gasteiger partial charge in [-0.25, -0.2) is 4.98 Å². The molecule has 0 spiro atoms.